The summed E-state index contributed by atoms with van der Waals surface area (Å²) in [5.74, 6) is -0.0466. The summed E-state index contributed by atoms with van der Waals surface area (Å²) in [6, 6.07) is 4.61. The van der Waals surface area contributed by atoms with Gasteiger partial charge in [0.25, 0.3) is 0 Å². The Bertz CT molecular complexity index is 790. The van der Waals surface area contributed by atoms with E-state index in [0.29, 0.717) is 18.7 Å². The van der Waals surface area contributed by atoms with Crippen LogP contribution in [0.3, 0.4) is 0 Å². The Morgan fingerprint density at radius 1 is 1.00 bits per heavy atom. The van der Waals surface area contributed by atoms with Gasteiger partial charge in [-0.25, -0.2) is 0 Å². The second-order valence-corrected chi connectivity index (χ2v) is 6.42. The van der Waals surface area contributed by atoms with Gasteiger partial charge < -0.3 is 16.0 Å². The predicted molar refractivity (Wildman–Crippen MR) is 90.6 cm³/mol. The van der Waals surface area contributed by atoms with E-state index < -0.39 is 30.0 Å². The Kier molecular flexibility index (Phi) is 6.98. The minimum absolute atomic E-state index is 0.0419. The monoisotopic (exact) mass is 417 g/mol. The van der Waals surface area contributed by atoms with Crippen LogP contribution in [0.2, 0.25) is 0 Å². The van der Waals surface area contributed by atoms with Crippen molar-refractivity contribution >= 4 is 0 Å². The molecule has 0 spiro atoms. The van der Waals surface area contributed by atoms with Crippen molar-refractivity contribution in [3.8, 4) is 12.1 Å². The van der Waals surface area contributed by atoms with Crippen molar-refractivity contribution in [2.45, 2.75) is 37.8 Å². The Labute approximate surface area is 163 Å². The van der Waals surface area contributed by atoms with E-state index in [9.17, 15) is 26.3 Å². The lowest BCUT2D eigenvalue weighted by Gasteiger charge is -2.18. The highest BCUT2D eigenvalue weighted by Gasteiger charge is 2.36. The third-order valence-corrected chi connectivity index (χ3v) is 4.28. The number of alkyl halides is 6. The second-order valence-electron chi connectivity index (χ2n) is 6.42. The van der Waals surface area contributed by atoms with Crippen molar-refractivity contribution in [2.75, 3.05) is 13.1 Å². The van der Waals surface area contributed by atoms with Gasteiger partial charge in [-0.2, -0.15) is 36.9 Å². The van der Waals surface area contributed by atoms with Crippen LogP contribution in [0.25, 0.3) is 0 Å². The molecule has 0 bridgehead atoms. The summed E-state index contributed by atoms with van der Waals surface area (Å²) in [6.07, 6.45) is -8.10. The zero-order chi connectivity index (χ0) is 21.7. The van der Waals surface area contributed by atoms with E-state index >= 15 is 0 Å². The maximum Gasteiger partial charge on any atom is 0.416 e. The molecule has 156 valence electrons. The van der Waals surface area contributed by atoms with E-state index in [4.69, 9.17) is 10.5 Å². The highest BCUT2D eigenvalue weighted by Crippen LogP contribution is 2.36. The molecule has 5 nitrogen and oxygen atoms in total. The summed E-state index contributed by atoms with van der Waals surface area (Å²) in [4.78, 5) is 0. The zero-order valence-corrected chi connectivity index (χ0v) is 15.0. The molecule has 1 atom stereocenters. The van der Waals surface area contributed by atoms with E-state index in [-0.39, 0.29) is 29.1 Å². The average molecular weight is 417 g/mol. The molecule has 3 N–H and O–H groups in total. The highest BCUT2D eigenvalue weighted by molar-refractivity contribution is 5.39. The molecule has 11 heteroatoms. The fourth-order valence-electron chi connectivity index (χ4n) is 2.84. The molecule has 1 heterocycles. The molecule has 0 aliphatic carbocycles. The molecule has 0 saturated carbocycles. The average Bonchev–Trinajstić information content (AvgIpc) is 3.16. The van der Waals surface area contributed by atoms with Gasteiger partial charge in [0.15, 0.2) is 5.57 Å². The van der Waals surface area contributed by atoms with Crippen molar-refractivity contribution in [3.63, 3.8) is 0 Å². The fraction of sp³-hybridized carbons (Fsp3) is 0.444. The number of nitrogens with one attached hydrogen (secondary N) is 3. The fourth-order valence-corrected chi connectivity index (χ4v) is 2.84. The molecular weight excluding hydrogens is 400 g/mol. The third-order valence-electron chi connectivity index (χ3n) is 4.28. The van der Waals surface area contributed by atoms with Crippen molar-refractivity contribution in [2.24, 2.45) is 0 Å². The Morgan fingerprint density at radius 3 is 2.03 bits per heavy atom. The Hall–Kier alpha value is -2.92. The van der Waals surface area contributed by atoms with E-state index in [0.717, 1.165) is 19.4 Å². The van der Waals surface area contributed by atoms with Crippen molar-refractivity contribution in [3.05, 3.63) is 46.3 Å². The lowest BCUT2D eigenvalue weighted by atomic mass is 10.0. The zero-order valence-electron chi connectivity index (χ0n) is 15.0. The number of allylic oxidation sites excluding steroid dienone is 1. The number of halogens is 6. The molecule has 0 aromatic heterocycles. The molecule has 1 aliphatic rings. The second kappa shape index (κ2) is 9.05. The summed E-state index contributed by atoms with van der Waals surface area (Å²) in [5, 5.41) is 26.7. The maximum absolute atomic E-state index is 13.0. The number of hydrogen-bond acceptors (Lipinski definition) is 5. The first-order chi connectivity index (χ1) is 13.5. The molecule has 1 aromatic rings. The van der Waals surface area contributed by atoms with Gasteiger partial charge in [0, 0.05) is 19.1 Å². The normalized spacial score (nSPS) is 16.6. The quantitative estimate of drug-likeness (QED) is 0.488. The summed E-state index contributed by atoms with van der Waals surface area (Å²) in [7, 11) is 0. The van der Waals surface area contributed by atoms with Gasteiger partial charge in [-0.3, -0.25) is 0 Å². The summed E-state index contributed by atoms with van der Waals surface area (Å²) >= 11 is 0. The number of hydrogen-bond donors (Lipinski definition) is 3. The van der Waals surface area contributed by atoms with Gasteiger partial charge >= 0.3 is 12.4 Å². The topological polar surface area (TPSA) is 83.7 Å². The molecule has 0 unspecified atom stereocenters. The van der Waals surface area contributed by atoms with Crippen molar-refractivity contribution < 1.29 is 26.3 Å². The number of rotatable bonds is 6. The molecule has 29 heavy (non-hydrogen) atoms. The third kappa shape index (κ3) is 6.29. The van der Waals surface area contributed by atoms with Crippen LogP contribution in [0, 0.1) is 22.7 Å². The predicted octanol–water partition coefficient (Wildman–Crippen LogP) is 3.41. The molecule has 1 fully saturated rings. The largest absolute Gasteiger partial charge is 0.416 e. The van der Waals surface area contributed by atoms with Gasteiger partial charge in [0.05, 0.1) is 11.1 Å². The SMILES string of the molecule is N#CC(C#N)=C(NCc1cc(C(F)(F)F)cc(C(F)(F)F)c1)NC[C@@H]1CCCN1. The first-order valence-electron chi connectivity index (χ1n) is 8.58. The molecule has 0 amide bonds. The minimum atomic E-state index is -4.95. The van der Waals surface area contributed by atoms with Gasteiger partial charge in [-0.15, -0.1) is 0 Å². The first kappa shape index (κ1) is 22.4. The lowest BCUT2D eigenvalue weighted by molar-refractivity contribution is -0.143. The van der Waals surface area contributed by atoms with Gasteiger partial charge in [0.2, 0.25) is 0 Å². The molecular formula is C18H17F6N5. The van der Waals surface area contributed by atoms with Gasteiger partial charge in [0.1, 0.15) is 18.0 Å². The van der Waals surface area contributed by atoms with Crippen LogP contribution in [0.15, 0.2) is 29.6 Å². The van der Waals surface area contributed by atoms with Crippen LogP contribution in [-0.2, 0) is 18.9 Å². The Balaban J connectivity index is 2.24. The molecule has 2 rings (SSSR count). The number of nitriles is 2. The minimum Gasteiger partial charge on any atom is -0.369 e. The van der Waals surface area contributed by atoms with E-state index in [2.05, 4.69) is 16.0 Å². The summed E-state index contributed by atoms with van der Waals surface area (Å²) in [5.41, 5.74) is -3.51. The van der Waals surface area contributed by atoms with E-state index in [1.165, 1.54) is 0 Å². The van der Waals surface area contributed by atoms with Crippen molar-refractivity contribution in [1.29, 1.82) is 10.5 Å². The standard InChI is InChI=1S/C18H17F6N5/c19-17(20,21)13-4-11(5-14(6-13)18(22,23)24)9-28-16(12(7-25)8-26)29-10-15-2-1-3-27-15/h4-6,15,27-29H,1-3,9-10H2/t15-/m0/s1. The van der Waals surface area contributed by atoms with Crippen LogP contribution >= 0.6 is 0 Å². The number of benzene rings is 1. The van der Waals surface area contributed by atoms with E-state index in [1.807, 2.05) is 0 Å². The smallest absolute Gasteiger partial charge is 0.369 e. The molecule has 1 saturated heterocycles. The van der Waals surface area contributed by atoms with Crippen LogP contribution in [-0.4, -0.2) is 19.1 Å². The van der Waals surface area contributed by atoms with Gasteiger partial charge in [-0.1, -0.05) is 0 Å². The first-order valence-corrected chi connectivity index (χ1v) is 8.58. The van der Waals surface area contributed by atoms with Crippen LogP contribution in [0.5, 0.6) is 0 Å². The van der Waals surface area contributed by atoms with Crippen LogP contribution in [0.4, 0.5) is 26.3 Å². The molecule has 0 radical (unpaired) electrons. The van der Waals surface area contributed by atoms with Gasteiger partial charge in [-0.05, 0) is 43.1 Å². The highest BCUT2D eigenvalue weighted by atomic mass is 19.4. The molecule has 1 aromatic carbocycles. The van der Waals surface area contributed by atoms with Crippen LogP contribution in [0.1, 0.15) is 29.5 Å². The number of nitrogens with zero attached hydrogens (tertiary/aromatic N) is 2. The van der Waals surface area contributed by atoms with E-state index in [1.54, 1.807) is 12.1 Å². The lowest BCUT2D eigenvalue weighted by Crippen LogP contribution is -2.37. The van der Waals surface area contributed by atoms with Crippen molar-refractivity contribution in [1.82, 2.24) is 16.0 Å². The Morgan fingerprint density at radius 2 is 1.59 bits per heavy atom. The summed E-state index contributed by atoms with van der Waals surface area (Å²) in [6.45, 7) is 0.707. The van der Waals surface area contributed by atoms with Crippen LogP contribution < -0.4 is 16.0 Å². The maximum atomic E-state index is 13.0. The summed E-state index contributed by atoms with van der Waals surface area (Å²) < 4.78 is 77.8. The molecule has 1 aliphatic heterocycles.